The third-order valence-corrected chi connectivity index (χ3v) is 9.37. The highest BCUT2D eigenvalue weighted by Gasteiger charge is 2.46. The number of halogens is 1. The van der Waals surface area contributed by atoms with Crippen LogP contribution in [0.15, 0.2) is 59.6 Å². The second kappa shape index (κ2) is 13.1. The van der Waals surface area contributed by atoms with E-state index in [9.17, 15) is 0 Å². The third-order valence-electron chi connectivity index (χ3n) is 8.99. The molecule has 1 saturated carbocycles. The topological polar surface area (TPSA) is 22.6 Å². The summed E-state index contributed by atoms with van der Waals surface area (Å²) in [7, 11) is 0. The van der Waals surface area contributed by atoms with E-state index in [4.69, 9.17) is 6.57 Å². The van der Waals surface area contributed by atoms with Crippen molar-refractivity contribution in [3.63, 3.8) is 0 Å². The van der Waals surface area contributed by atoms with E-state index in [1.165, 1.54) is 73.2 Å². The zero-order valence-electron chi connectivity index (χ0n) is 23.3. The van der Waals surface area contributed by atoms with Crippen LogP contribution in [0.4, 0.5) is 17.1 Å². The van der Waals surface area contributed by atoms with Crippen LogP contribution in [0.1, 0.15) is 69.4 Å². The SMILES string of the molecule is [C-]#[N+]c1ccc2c(c1)C(C)(CC=CBr)C(C=Cc1ccc(N3CCNCC3)cc1)=[N+]2CCCCC1CCCC1. The smallest absolute Gasteiger partial charge is 0.207 e. The Labute approximate surface area is 243 Å². The maximum atomic E-state index is 7.64. The molecule has 1 aliphatic carbocycles. The molecule has 0 amide bonds. The maximum absolute atomic E-state index is 7.64. The van der Waals surface area contributed by atoms with E-state index in [1.54, 1.807) is 0 Å². The fourth-order valence-corrected chi connectivity index (χ4v) is 6.93. The molecule has 204 valence electrons. The monoisotopic (exact) mass is 585 g/mol. The molecule has 3 aliphatic rings. The number of anilines is 1. The first-order valence-corrected chi connectivity index (χ1v) is 15.7. The van der Waals surface area contributed by atoms with Gasteiger partial charge in [-0.05, 0) is 72.6 Å². The van der Waals surface area contributed by atoms with Crippen LogP contribution >= 0.6 is 15.9 Å². The fraction of sp³-hybridized carbons (Fsp3) is 0.471. The molecular weight excluding hydrogens is 544 g/mol. The van der Waals surface area contributed by atoms with Crippen LogP contribution in [-0.2, 0) is 5.41 Å². The summed E-state index contributed by atoms with van der Waals surface area (Å²) in [4.78, 5) is 8.20. The fourth-order valence-electron chi connectivity index (χ4n) is 6.74. The van der Waals surface area contributed by atoms with Gasteiger partial charge in [0.1, 0.15) is 6.54 Å². The first kappa shape index (κ1) is 27.9. The van der Waals surface area contributed by atoms with Crippen LogP contribution in [0.25, 0.3) is 10.9 Å². The third kappa shape index (κ3) is 6.39. The van der Waals surface area contributed by atoms with Crippen LogP contribution in [0.5, 0.6) is 0 Å². The van der Waals surface area contributed by atoms with E-state index in [2.05, 4.69) is 97.1 Å². The minimum atomic E-state index is -0.191. The van der Waals surface area contributed by atoms with Gasteiger partial charge in [0.15, 0.2) is 11.4 Å². The number of piperazine rings is 1. The molecule has 4 nitrogen and oxygen atoms in total. The molecule has 2 heterocycles. The number of allylic oxidation sites excluding steroid dienone is 2. The number of hydrogen-bond acceptors (Lipinski definition) is 2. The number of rotatable bonds is 10. The van der Waals surface area contributed by atoms with Gasteiger partial charge in [-0.2, -0.15) is 4.58 Å². The molecule has 1 atom stereocenters. The summed E-state index contributed by atoms with van der Waals surface area (Å²) in [6, 6.07) is 15.3. The number of benzene rings is 2. The Kier molecular flexibility index (Phi) is 9.37. The largest absolute Gasteiger partial charge is 0.369 e. The van der Waals surface area contributed by atoms with Crippen molar-refractivity contribution in [3.8, 4) is 0 Å². The first-order chi connectivity index (χ1) is 19.1. The van der Waals surface area contributed by atoms with Crippen molar-refractivity contribution in [1.29, 1.82) is 0 Å². The Morgan fingerprint density at radius 2 is 1.85 bits per heavy atom. The van der Waals surface area contributed by atoms with Gasteiger partial charge < -0.3 is 10.2 Å². The zero-order chi connectivity index (χ0) is 27.1. The second-order valence-electron chi connectivity index (χ2n) is 11.6. The van der Waals surface area contributed by atoms with Crippen LogP contribution in [-0.4, -0.2) is 43.0 Å². The lowest BCUT2D eigenvalue weighted by Gasteiger charge is -2.29. The van der Waals surface area contributed by atoms with Crippen LogP contribution in [0.3, 0.4) is 0 Å². The van der Waals surface area contributed by atoms with Gasteiger partial charge in [0.05, 0.1) is 12.0 Å². The lowest BCUT2D eigenvalue weighted by molar-refractivity contribution is -0.438. The predicted octanol–water partition coefficient (Wildman–Crippen LogP) is 8.38. The number of nitrogens with zero attached hydrogens (tertiary/aromatic N) is 3. The highest BCUT2D eigenvalue weighted by Crippen LogP contribution is 2.45. The molecule has 2 aliphatic heterocycles. The number of nitrogens with one attached hydrogen (secondary N) is 1. The molecule has 1 saturated heterocycles. The molecule has 2 aromatic rings. The van der Waals surface area contributed by atoms with Gasteiger partial charge in [-0.15, -0.1) is 0 Å². The van der Waals surface area contributed by atoms with Crippen molar-refractivity contribution in [2.24, 2.45) is 5.92 Å². The lowest BCUT2D eigenvalue weighted by Crippen LogP contribution is -2.43. The molecule has 0 spiro atoms. The summed E-state index contributed by atoms with van der Waals surface area (Å²) in [5, 5.41) is 3.44. The minimum absolute atomic E-state index is 0.191. The number of hydrogen-bond donors (Lipinski definition) is 1. The quantitative estimate of drug-likeness (QED) is 0.172. The second-order valence-corrected chi connectivity index (χ2v) is 12.1. The normalized spacial score (nSPS) is 21.8. The molecule has 0 aromatic heterocycles. The van der Waals surface area contributed by atoms with Gasteiger partial charge in [-0.1, -0.05) is 66.2 Å². The Hall–Kier alpha value is -2.68. The average molecular weight is 587 g/mol. The van der Waals surface area contributed by atoms with E-state index in [1.807, 2.05) is 11.1 Å². The Bertz CT molecular complexity index is 1260. The molecular formula is C34H42BrN4+. The molecule has 0 radical (unpaired) electrons. The molecule has 5 heteroatoms. The van der Waals surface area contributed by atoms with Gasteiger partial charge in [-0.3, -0.25) is 0 Å². The molecule has 39 heavy (non-hydrogen) atoms. The van der Waals surface area contributed by atoms with E-state index < -0.39 is 0 Å². The summed E-state index contributed by atoms with van der Waals surface area (Å²) < 4.78 is 2.55. The van der Waals surface area contributed by atoms with Gasteiger partial charge >= 0.3 is 0 Å². The predicted molar refractivity (Wildman–Crippen MR) is 169 cm³/mol. The maximum Gasteiger partial charge on any atom is 0.207 e. The number of unbranched alkanes of at least 4 members (excludes halogenated alkanes) is 1. The molecule has 2 aromatic carbocycles. The minimum Gasteiger partial charge on any atom is -0.369 e. The van der Waals surface area contributed by atoms with E-state index in [-0.39, 0.29) is 5.41 Å². The summed E-state index contributed by atoms with van der Waals surface area (Å²) >= 11 is 3.50. The summed E-state index contributed by atoms with van der Waals surface area (Å²) in [6.07, 6.45) is 17.3. The van der Waals surface area contributed by atoms with Crippen molar-refractivity contribution in [3.05, 3.63) is 82.1 Å². The Morgan fingerprint density at radius 3 is 2.56 bits per heavy atom. The number of fused-ring (bicyclic) bond motifs is 1. The van der Waals surface area contributed by atoms with Crippen molar-refractivity contribution in [1.82, 2.24) is 5.32 Å². The van der Waals surface area contributed by atoms with Crippen molar-refractivity contribution in [2.75, 3.05) is 37.6 Å². The van der Waals surface area contributed by atoms with Gasteiger partial charge in [-0.25, -0.2) is 4.85 Å². The van der Waals surface area contributed by atoms with Crippen molar-refractivity contribution in [2.45, 2.75) is 63.7 Å². The van der Waals surface area contributed by atoms with Crippen molar-refractivity contribution >= 4 is 44.8 Å². The lowest BCUT2D eigenvalue weighted by atomic mass is 9.76. The standard InChI is InChI=1S/C34H42BrN4/c1-34(19-7-20-35)31-26-29(36-2)14-17-32(31)39(23-6-5-10-27-8-3-4-9-27)33(34)18-13-28-11-15-30(16-12-28)38-24-21-37-22-25-38/h7,11-18,20,26-27,37H,3-6,8-10,19,21-25H2,1H3/q+1. The summed E-state index contributed by atoms with van der Waals surface area (Å²) in [5.74, 6) is 0.943. The van der Waals surface area contributed by atoms with E-state index >= 15 is 0 Å². The van der Waals surface area contributed by atoms with Gasteiger partial charge in [0.25, 0.3) is 0 Å². The molecule has 1 unspecified atom stereocenters. The Balaban J connectivity index is 1.43. The van der Waals surface area contributed by atoms with Crippen LogP contribution < -0.4 is 10.2 Å². The van der Waals surface area contributed by atoms with Gasteiger partial charge in [0.2, 0.25) is 5.69 Å². The highest BCUT2D eigenvalue weighted by molar-refractivity contribution is 9.11. The highest BCUT2D eigenvalue weighted by atomic mass is 79.9. The van der Waals surface area contributed by atoms with Crippen molar-refractivity contribution < 1.29 is 4.58 Å². The van der Waals surface area contributed by atoms with Crippen LogP contribution in [0, 0.1) is 12.5 Å². The van der Waals surface area contributed by atoms with Crippen LogP contribution in [0.2, 0.25) is 0 Å². The molecule has 5 rings (SSSR count). The average Bonchev–Trinajstić information content (AvgIpc) is 3.58. The summed E-state index contributed by atoms with van der Waals surface area (Å²) in [6.45, 7) is 15.2. The Morgan fingerprint density at radius 1 is 1.08 bits per heavy atom. The van der Waals surface area contributed by atoms with E-state index in [0.29, 0.717) is 0 Å². The first-order valence-electron chi connectivity index (χ1n) is 14.8. The molecule has 0 bridgehead atoms. The zero-order valence-corrected chi connectivity index (χ0v) is 24.9. The van der Waals surface area contributed by atoms with Gasteiger partial charge in [0, 0.05) is 49.9 Å². The van der Waals surface area contributed by atoms with E-state index in [0.717, 1.165) is 50.7 Å². The summed E-state index contributed by atoms with van der Waals surface area (Å²) in [5.41, 5.74) is 6.92. The molecule has 2 fully saturated rings. The molecule has 1 N–H and O–H groups in total.